The van der Waals surface area contributed by atoms with Gasteiger partial charge < -0.3 is 0 Å². The molecule has 1 saturated heterocycles. The molecule has 1 aliphatic carbocycles. The van der Waals surface area contributed by atoms with E-state index in [0.717, 1.165) is 18.9 Å². The van der Waals surface area contributed by atoms with Crippen molar-refractivity contribution >= 4 is 0 Å². The molecule has 1 saturated carbocycles. The summed E-state index contributed by atoms with van der Waals surface area (Å²) in [6.45, 7) is 2.35. The minimum atomic E-state index is 0.233. The van der Waals surface area contributed by atoms with Gasteiger partial charge in [-0.1, -0.05) is 19.3 Å². The predicted octanol–water partition coefficient (Wildman–Crippen LogP) is 2.55. The van der Waals surface area contributed by atoms with Crippen molar-refractivity contribution in [1.82, 2.24) is 4.90 Å². The highest BCUT2D eigenvalue weighted by molar-refractivity contribution is 4.96. The van der Waals surface area contributed by atoms with E-state index in [-0.39, 0.29) is 6.04 Å². The van der Waals surface area contributed by atoms with Gasteiger partial charge >= 0.3 is 0 Å². The fourth-order valence-corrected chi connectivity index (χ4v) is 2.89. The molecular formula is C12H20N2. The van der Waals surface area contributed by atoms with Crippen LogP contribution in [0, 0.1) is 17.2 Å². The number of likely N-dealkylation sites (tertiary alicyclic amines) is 1. The maximum absolute atomic E-state index is 8.97. The van der Waals surface area contributed by atoms with Gasteiger partial charge in [-0.05, 0) is 38.1 Å². The van der Waals surface area contributed by atoms with Gasteiger partial charge in [0.15, 0.2) is 0 Å². The minimum Gasteiger partial charge on any atom is -0.288 e. The summed E-state index contributed by atoms with van der Waals surface area (Å²) < 4.78 is 0. The van der Waals surface area contributed by atoms with Crippen molar-refractivity contribution in [2.45, 2.75) is 51.0 Å². The monoisotopic (exact) mass is 192 g/mol. The van der Waals surface area contributed by atoms with Crippen molar-refractivity contribution in [3.63, 3.8) is 0 Å². The fourth-order valence-electron chi connectivity index (χ4n) is 2.89. The molecule has 2 heteroatoms. The molecule has 0 radical (unpaired) electrons. The Morgan fingerprint density at radius 1 is 1.07 bits per heavy atom. The number of nitrogens with zero attached hydrogens (tertiary/aromatic N) is 2. The third kappa shape index (κ3) is 2.27. The average molecular weight is 192 g/mol. The number of hydrogen-bond donors (Lipinski definition) is 0. The molecule has 1 heterocycles. The lowest BCUT2D eigenvalue weighted by Crippen LogP contribution is -2.33. The molecule has 1 atom stereocenters. The van der Waals surface area contributed by atoms with Crippen LogP contribution in [0.2, 0.25) is 0 Å². The molecular weight excluding hydrogens is 172 g/mol. The molecule has 2 aliphatic rings. The van der Waals surface area contributed by atoms with Crippen LogP contribution in [-0.2, 0) is 0 Å². The molecule has 0 aromatic carbocycles. The summed E-state index contributed by atoms with van der Waals surface area (Å²) in [4.78, 5) is 2.41. The van der Waals surface area contributed by atoms with Gasteiger partial charge in [0.2, 0.25) is 0 Å². The first-order valence-electron chi connectivity index (χ1n) is 6.04. The summed E-state index contributed by atoms with van der Waals surface area (Å²) in [6, 6.07) is 2.66. The Labute approximate surface area is 86.9 Å². The smallest absolute Gasteiger partial charge is 0.0978 e. The standard InChI is InChI=1S/C12H20N2/c13-9-12-7-4-8-14(12)10-11-5-2-1-3-6-11/h11-12H,1-8,10H2. The SMILES string of the molecule is N#CC1CCCN1CC1CCCCC1. The Hall–Kier alpha value is -0.550. The zero-order valence-corrected chi connectivity index (χ0v) is 8.91. The summed E-state index contributed by atoms with van der Waals surface area (Å²) >= 11 is 0. The van der Waals surface area contributed by atoms with E-state index in [4.69, 9.17) is 5.26 Å². The van der Waals surface area contributed by atoms with Crippen molar-refractivity contribution in [3.8, 4) is 6.07 Å². The topological polar surface area (TPSA) is 27.0 Å². The number of nitriles is 1. The van der Waals surface area contributed by atoms with E-state index >= 15 is 0 Å². The van der Waals surface area contributed by atoms with E-state index in [1.54, 1.807) is 0 Å². The van der Waals surface area contributed by atoms with Gasteiger partial charge in [-0.25, -0.2) is 0 Å². The van der Waals surface area contributed by atoms with Gasteiger partial charge in [-0.15, -0.1) is 0 Å². The molecule has 0 N–H and O–H groups in total. The Balaban J connectivity index is 1.81. The molecule has 0 aromatic heterocycles. The number of rotatable bonds is 2. The highest BCUT2D eigenvalue weighted by atomic mass is 15.2. The molecule has 2 rings (SSSR count). The second-order valence-corrected chi connectivity index (χ2v) is 4.79. The normalized spacial score (nSPS) is 30.4. The van der Waals surface area contributed by atoms with E-state index in [2.05, 4.69) is 11.0 Å². The lowest BCUT2D eigenvalue weighted by molar-refractivity contribution is 0.211. The van der Waals surface area contributed by atoms with Crippen LogP contribution in [0.25, 0.3) is 0 Å². The van der Waals surface area contributed by atoms with Crippen LogP contribution in [0.3, 0.4) is 0 Å². The van der Waals surface area contributed by atoms with E-state index < -0.39 is 0 Å². The van der Waals surface area contributed by atoms with Gasteiger partial charge in [0.05, 0.1) is 12.1 Å². The molecule has 2 nitrogen and oxygen atoms in total. The molecule has 0 aromatic rings. The summed E-state index contributed by atoms with van der Waals surface area (Å²) in [6.07, 6.45) is 9.38. The minimum absolute atomic E-state index is 0.233. The largest absolute Gasteiger partial charge is 0.288 e. The van der Waals surface area contributed by atoms with Crippen molar-refractivity contribution in [2.24, 2.45) is 5.92 Å². The van der Waals surface area contributed by atoms with Crippen LogP contribution in [0.5, 0.6) is 0 Å². The van der Waals surface area contributed by atoms with Crippen LogP contribution in [0.1, 0.15) is 44.9 Å². The fraction of sp³-hybridized carbons (Fsp3) is 0.917. The molecule has 0 spiro atoms. The maximum Gasteiger partial charge on any atom is 0.0978 e. The Kier molecular flexibility index (Phi) is 3.42. The van der Waals surface area contributed by atoms with E-state index in [1.165, 1.54) is 45.1 Å². The van der Waals surface area contributed by atoms with Crippen LogP contribution in [0.4, 0.5) is 0 Å². The molecule has 14 heavy (non-hydrogen) atoms. The van der Waals surface area contributed by atoms with Crippen molar-refractivity contribution in [3.05, 3.63) is 0 Å². The Bertz CT molecular complexity index is 213. The molecule has 0 bridgehead atoms. The average Bonchev–Trinajstić information content (AvgIpc) is 2.67. The van der Waals surface area contributed by atoms with Crippen LogP contribution in [0.15, 0.2) is 0 Å². The molecule has 2 fully saturated rings. The van der Waals surface area contributed by atoms with Gasteiger partial charge in [-0.3, -0.25) is 4.90 Å². The molecule has 1 aliphatic heterocycles. The second-order valence-electron chi connectivity index (χ2n) is 4.79. The van der Waals surface area contributed by atoms with Crippen LogP contribution < -0.4 is 0 Å². The first-order chi connectivity index (χ1) is 6.90. The second kappa shape index (κ2) is 4.79. The summed E-state index contributed by atoms with van der Waals surface area (Å²) in [5.74, 6) is 0.887. The van der Waals surface area contributed by atoms with Gasteiger partial charge in [0.25, 0.3) is 0 Å². The Morgan fingerprint density at radius 2 is 1.86 bits per heavy atom. The highest BCUT2D eigenvalue weighted by Crippen LogP contribution is 2.27. The first-order valence-corrected chi connectivity index (χ1v) is 6.04. The van der Waals surface area contributed by atoms with Crippen LogP contribution in [-0.4, -0.2) is 24.0 Å². The lowest BCUT2D eigenvalue weighted by Gasteiger charge is -2.28. The summed E-state index contributed by atoms with van der Waals surface area (Å²) in [7, 11) is 0. The first kappa shape index (κ1) is 9.98. The van der Waals surface area contributed by atoms with E-state index in [1.807, 2.05) is 0 Å². The zero-order chi connectivity index (χ0) is 9.80. The quantitative estimate of drug-likeness (QED) is 0.672. The Morgan fingerprint density at radius 3 is 2.57 bits per heavy atom. The number of hydrogen-bond acceptors (Lipinski definition) is 2. The van der Waals surface area contributed by atoms with Gasteiger partial charge in [0.1, 0.15) is 0 Å². The van der Waals surface area contributed by atoms with E-state index in [0.29, 0.717) is 0 Å². The van der Waals surface area contributed by atoms with Crippen molar-refractivity contribution in [1.29, 1.82) is 5.26 Å². The van der Waals surface area contributed by atoms with E-state index in [9.17, 15) is 0 Å². The lowest BCUT2D eigenvalue weighted by atomic mass is 9.89. The van der Waals surface area contributed by atoms with Crippen molar-refractivity contribution < 1.29 is 0 Å². The van der Waals surface area contributed by atoms with Crippen molar-refractivity contribution in [2.75, 3.05) is 13.1 Å². The molecule has 1 unspecified atom stereocenters. The maximum atomic E-state index is 8.97. The summed E-state index contributed by atoms with van der Waals surface area (Å²) in [5, 5.41) is 8.97. The van der Waals surface area contributed by atoms with Gasteiger partial charge in [0, 0.05) is 6.54 Å². The third-order valence-corrected chi connectivity index (χ3v) is 3.73. The highest BCUT2D eigenvalue weighted by Gasteiger charge is 2.26. The molecule has 78 valence electrons. The van der Waals surface area contributed by atoms with Crippen LogP contribution >= 0.6 is 0 Å². The summed E-state index contributed by atoms with van der Waals surface area (Å²) in [5.41, 5.74) is 0. The third-order valence-electron chi connectivity index (χ3n) is 3.73. The predicted molar refractivity (Wildman–Crippen MR) is 56.8 cm³/mol. The molecule has 0 amide bonds. The van der Waals surface area contributed by atoms with Gasteiger partial charge in [-0.2, -0.15) is 5.26 Å². The zero-order valence-electron chi connectivity index (χ0n) is 8.91.